The summed E-state index contributed by atoms with van der Waals surface area (Å²) in [6, 6.07) is 0. The third-order valence-electron chi connectivity index (χ3n) is 5.80. The summed E-state index contributed by atoms with van der Waals surface area (Å²) in [5.41, 5.74) is 0.964. The lowest BCUT2D eigenvalue weighted by Gasteiger charge is -2.33. The molecule has 0 unspecified atom stereocenters. The van der Waals surface area contributed by atoms with E-state index in [-0.39, 0.29) is 5.41 Å². The van der Waals surface area contributed by atoms with Crippen LogP contribution in [0.15, 0.2) is 12.7 Å². The van der Waals surface area contributed by atoms with Gasteiger partial charge < -0.3 is 5.11 Å². The van der Waals surface area contributed by atoms with Gasteiger partial charge in [-0.1, -0.05) is 13.0 Å². The number of aliphatic hydroxyl groups excluding tert-OH is 1. The predicted molar refractivity (Wildman–Crippen MR) is 61.4 cm³/mol. The van der Waals surface area contributed by atoms with E-state index in [9.17, 15) is 5.11 Å². The molecule has 0 aliphatic heterocycles. The van der Waals surface area contributed by atoms with E-state index in [2.05, 4.69) is 19.6 Å². The Balaban J connectivity index is 1.88. The van der Waals surface area contributed by atoms with Gasteiger partial charge >= 0.3 is 0 Å². The highest BCUT2D eigenvalue weighted by Crippen LogP contribution is 2.70. The van der Waals surface area contributed by atoms with Crippen LogP contribution in [-0.2, 0) is 0 Å². The molecule has 0 amide bonds. The molecule has 3 rings (SSSR count). The second-order valence-corrected chi connectivity index (χ2v) is 6.46. The Morgan fingerprint density at radius 2 is 2.13 bits per heavy atom. The average Bonchev–Trinajstić information content (AvgIpc) is 2.79. The molecule has 0 aromatic carbocycles. The van der Waals surface area contributed by atoms with E-state index >= 15 is 0 Å². The maximum absolute atomic E-state index is 9.49. The van der Waals surface area contributed by atoms with Crippen molar-refractivity contribution in [3.63, 3.8) is 0 Å². The first-order valence-electron chi connectivity index (χ1n) is 6.38. The maximum Gasteiger partial charge on any atom is 0.0467 e. The van der Waals surface area contributed by atoms with Gasteiger partial charge in [0.1, 0.15) is 0 Å². The first-order chi connectivity index (χ1) is 7.13. The van der Waals surface area contributed by atoms with Crippen LogP contribution in [0.4, 0.5) is 0 Å². The molecule has 0 aromatic heterocycles. The Labute approximate surface area is 92.6 Å². The molecule has 0 saturated heterocycles. The Kier molecular flexibility index (Phi) is 1.90. The van der Waals surface area contributed by atoms with E-state index in [0.717, 1.165) is 17.3 Å². The highest BCUT2D eigenvalue weighted by molar-refractivity contribution is 5.15. The van der Waals surface area contributed by atoms with Crippen LogP contribution >= 0.6 is 0 Å². The standard InChI is InChI=1S/C14H22O/c1-3-13(2)11(9-15)6-10-7-14(4-5-14)8-12(10)13/h3,10-12,15H,1,4-9H2,2H3/t10-,11+,12+,13+/m0/s1. The highest BCUT2D eigenvalue weighted by Gasteiger charge is 2.61. The van der Waals surface area contributed by atoms with Crippen molar-refractivity contribution < 1.29 is 5.11 Å². The van der Waals surface area contributed by atoms with E-state index in [1.54, 1.807) is 0 Å². The van der Waals surface area contributed by atoms with Crippen LogP contribution in [0.5, 0.6) is 0 Å². The lowest BCUT2D eigenvalue weighted by molar-refractivity contribution is 0.132. The number of hydrogen-bond donors (Lipinski definition) is 1. The number of allylic oxidation sites excluding steroid dienone is 1. The van der Waals surface area contributed by atoms with Gasteiger partial charge in [-0.15, -0.1) is 6.58 Å². The lowest BCUT2D eigenvalue weighted by atomic mass is 9.72. The van der Waals surface area contributed by atoms with Crippen LogP contribution < -0.4 is 0 Å². The molecular weight excluding hydrogens is 184 g/mol. The third kappa shape index (κ3) is 1.19. The molecule has 15 heavy (non-hydrogen) atoms. The Morgan fingerprint density at radius 3 is 2.67 bits per heavy atom. The fourth-order valence-electron chi connectivity index (χ4n) is 4.49. The van der Waals surface area contributed by atoms with E-state index in [0.29, 0.717) is 12.5 Å². The van der Waals surface area contributed by atoms with Crippen LogP contribution in [-0.4, -0.2) is 11.7 Å². The van der Waals surface area contributed by atoms with E-state index in [1.807, 2.05) is 0 Å². The zero-order valence-corrected chi connectivity index (χ0v) is 9.71. The molecule has 0 radical (unpaired) electrons. The Bertz CT molecular complexity index is 292. The molecule has 1 N–H and O–H groups in total. The molecule has 3 aliphatic carbocycles. The summed E-state index contributed by atoms with van der Waals surface area (Å²) in [6.45, 7) is 6.71. The number of hydrogen-bond acceptors (Lipinski definition) is 1. The van der Waals surface area contributed by atoms with Gasteiger partial charge in [0.15, 0.2) is 0 Å². The number of aliphatic hydroxyl groups is 1. The average molecular weight is 206 g/mol. The maximum atomic E-state index is 9.49. The second-order valence-electron chi connectivity index (χ2n) is 6.46. The van der Waals surface area contributed by atoms with Crippen molar-refractivity contribution in [1.82, 2.24) is 0 Å². The van der Waals surface area contributed by atoms with Crippen molar-refractivity contribution >= 4 is 0 Å². The molecule has 84 valence electrons. The molecular formula is C14H22O. The summed E-state index contributed by atoms with van der Waals surface area (Å²) in [5.74, 6) is 2.17. The molecule has 4 atom stereocenters. The van der Waals surface area contributed by atoms with Crippen molar-refractivity contribution in [2.24, 2.45) is 28.6 Å². The first kappa shape index (κ1) is 9.89. The van der Waals surface area contributed by atoms with E-state index < -0.39 is 0 Å². The largest absolute Gasteiger partial charge is 0.396 e. The molecule has 1 nitrogen and oxygen atoms in total. The van der Waals surface area contributed by atoms with Crippen LogP contribution in [0.3, 0.4) is 0 Å². The highest BCUT2D eigenvalue weighted by atomic mass is 16.3. The summed E-state index contributed by atoms with van der Waals surface area (Å²) in [4.78, 5) is 0. The number of rotatable bonds is 2. The minimum absolute atomic E-state index is 0.214. The lowest BCUT2D eigenvalue weighted by Crippen LogP contribution is -2.29. The minimum atomic E-state index is 0.214. The Morgan fingerprint density at radius 1 is 1.40 bits per heavy atom. The zero-order valence-electron chi connectivity index (χ0n) is 9.71. The van der Waals surface area contributed by atoms with E-state index in [1.165, 1.54) is 32.1 Å². The Hall–Kier alpha value is -0.300. The topological polar surface area (TPSA) is 20.2 Å². The normalized spacial score (nSPS) is 50.7. The van der Waals surface area contributed by atoms with Crippen LogP contribution in [0, 0.1) is 28.6 Å². The van der Waals surface area contributed by atoms with Crippen molar-refractivity contribution in [2.45, 2.75) is 39.0 Å². The van der Waals surface area contributed by atoms with Crippen LogP contribution in [0.1, 0.15) is 39.0 Å². The molecule has 3 fully saturated rings. The second kappa shape index (κ2) is 2.88. The third-order valence-corrected chi connectivity index (χ3v) is 5.80. The van der Waals surface area contributed by atoms with Crippen LogP contribution in [0.25, 0.3) is 0 Å². The van der Waals surface area contributed by atoms with Crippen LogP contribution in [0.2, 0.25) is 0 Å². The summed E-state index contributed by atoms with van der Waals surface area (Å²) >= 11 is 0. The van der Waals surface area contributed by atoms with Gasteiger partial charge in [-0.05, 0) is 60.7 Å². The first-order valence-corrected chi connectivity index (χ1v) is 6.38. The molecule has 3 aliphatic rings. The van der Waals surface area contributed by atoms with Gasteiger partial charge in [-0.3, -0.25) is 0 Å². The van der Waals surface area contributed by atoms with Gasteiger partial charge in [-0.25, -0.2) is 0 Å². The summed E-state index contributed by atoms with van der Waals surface area (Å²) in [7, 11) is 0. The SMILES string of the molecule is C=C[C@]1(C)[C@@H](CO)C[C@H]2CC3(CC3)C[C@H]21. The zero-order chi connectivity index (χ0) is 10.7. The van der Waals surface area contributed by atoms with Gasteiger partial charge in [0.05, 0.1) is 0 Å². The smallest absolute Gasteiger partial charge is 0.0467 e. The summed E-state index contributed by atoms with van der Waals surface area (Å²) in [5, 5.41) is 9.49. The monoisotopic (exact) mass is 206 g/mol. The number of fused-ring (bicyclic) bond motifs is 1. The van der Waals surface area contributed by atoms with Crippen molar-refractivity contribution in [3.8, 4) is 0 Å². The van der Waals surface area contributed by atoms with Gasteiger partial charge in [0, 0.05) is 6.61 Å². The van der Waals surface area contributed by atoms with Crippen molar-refractivity contribution in [1.29, 1.82) is 0 Å². The summed E-state index contributed by atoms with van der Waals surface area (Å²) < 4.78 is 0. The molecule has 3 saturated carbocycles. The van der Waals surface area contributed by atoms with Gasteiger partial charge in [0.25, 0.3) is 0 Å². The quantitative estimate of drug-likeness (QED) is 0.689. The van der Waals surface area contributed by atoms with Gasteiger partial charge in [0.2, 0.25) is 0 Å². The molecule has 0 bridgehead atoms. The van der Waals surface area contributed by atoms with Gasteiger partial charge in [-0.2, -0.15) is 0 Å². The fourth-order valence-corrected chi connectivity index (χ4v) is 4.49. The molecule has 1 spiro atoms. The van der Waals surface area contributed by atoms with E-state index in [4.69, 9.17) is 0 Å². The van der Waals surface area contributed by atoms with Crippen molar-refractivity contribution in [3.05, 3.63) is 12.7 Å². The molecule has 0 heterocycles. The summed E-state index contributed by atoms with van der Waals surface area (Å²) in [6.07, 6.45) is 9.17. The molecule has 1 heteroatoms. The minimum Gasteiger partial charge on any atom is -0.396 e. The predicted octanol–water partition coefficient (Wildman–Crippen LogP) is 3.00. The van der Waals surface area contributed by atoms with Crippen molar-refractivity contribution in [2.75, 3.05) is 6.61 Å². The molecule has 0 aromatic rings. The fraction of sp³-hybridized carbons (Fsp3) is 0.857.